The summed E-state index contributed by atoms with van der Waals surface area (Å²) < 4.78 is 0. The summed E-state index contributed by atoms with van der Waals surface area (Å²) >= 11 is 0. The van der Waals surface area contributed by atoms with E-state index in [0.717, 1.165) is 61.7 Å². The SMILES string of the molecule is C=C(N=CC1=C(C(C)CC)N(C)CCN(c2cccc(N(N)/C=C(/CNCc3ccccc3)C(C)CC)c2)C1=O)C(C)CC. The Kier molecular flexibility index (Phi) is 13.4. The van der Waals surface area contributed by atoms with E-state index in [4.69, 9.17) is 10.8 Å². The molecule has 0 radical (unpaired) electrons. The average Bonchev–Trinajstić information content (AvgIpc) is 3.17. The van der Waals surface area contributed by atoms with Crippen molar-refractivity contribution in [2.75, 3.05) is 36.6 Å². The molecule has 0 saturated carbocycles. The summed E-state index contributed by atoms with van der Waals surface area (Å²) in [5.74, 6) is 7.45. The Labute approximate surface area is 266 Å². The van der Waals surface area contributed by atoms with Gasteiger partial charge >= 0.3 is 0 Å². The molecule has 7 nitrogen and oxygen atoms in total. The fourth-order valence-electron chi connectivity index (χ4n) is 5.28. The van der Waals surface area contributed by atoms with Crippen molar-refractivity contribution in [3.8, 4) is 0 Å². The zero-order chi connectivity index (χ0) is 32.2. The Morgan fingerprint density at radius 2 is 1.73 bits per heavy atom. The number of hydrazine groups is 1. The van der Waals surface area contributed by atoms with Crippen molar-refractivity contribution >= 4 is 23.5 Å². The van der Waals surface area contributed by atoms with Crippen LogP contribution in [0.5, 0.6) is 0 Å². The standard InChI is InChI=1S/C37H54N6O/c1-9-27(4)30(7)40-25-35-36(29(6)11-3)41(8)20-21-42(37(35)44)33-18-15-19-34(22-33)43(38)26-32(28(5)10-2)24-39-23-31-16-13-12-14-17-31/h12-19,22,25-29,39H,7,9-11,20-21,23-24,38H2,1-6,8H3/b32-26-,40-25?. The number of rotatable bonds is 15. The molecule has 44 heavy (non-hydrogen) atoms. The highest BCUT2D eigenvalue weighted by molar-refractivity contribution is 6.19. The number of carbonyl (C=O) groups is 1. The van der Waals surface area contributed by atoms with Crippen molar-refractivity contribution in [2.45, 2.75) is 67.3 Å². The first-order chi connectivity index (χ1) is 21.1. The number of likely N-dealkylation sites (N-methyl/N-ethyl adjacent to an activating group) is 1. The molecule has 1 heterocycles. The molecule has 2 aromatic rings. The molecule has 2 aromatic carbocycles. The maximum atomic E-state index is 14.3. The summed E-state index contributed by atoms with van der Waals surface area (Å²) in [7, 11) is 2.07. The fourth-order valence-corrected chi connectivity index (χ4v) is 5.28. The van der Waals surface area contributed by atoms with E-state index in [9.17, 15) is 4.79 Å². The van der Waals surface area contributed by atoms with E-state index in [-0.39, 0.29) is 17.7 Å². The number of amides is 1. The molecule has 1 aliphatic heterocycles. The molecule has 3 rings (SSSR count). The topological polar surface area (TPSA) is 77.2 Å². The molecule has 238 valence electrons. The Morgan fingerprint density at radius 3 is 2.39 bits per heavy atom. The van der Waals surface area contributed by atoms with Crippen LogP contribution in [-0.4, -0.2) is 43.7 Å². The van der Waals surface area contributed by atoms with E-state index in [2.05, 4.69) is 89.7 Å². The average molecular weight is 599 g/mol. The van der Waals surface area contributed by atoms with Crippen LogP contribution in [0.2, 0.25) is 0 Å². The normalized spacial score (nSPS) is 16.7. The number of anilines is 2. The van der Waals surface area contributed by atoms with E-state index < -0.39 is 0 Å². The van der Waals surface area contributed by atoms with Crippen LogP contribution >= 0.6 is 0 Å². The summed E-state index contributed by atoms with van der Waals surface area (Å²) in [6.45, 7) is 20.0. The van der Waals surface area contributed by atoms with Crippen molar-refractivity contribution < 1.29 is 4.79 Å². The molecular weight excluding hydrogens is 544 g/mol. The molecule has 1 aliphatic rings. The summed E-state index contributed by atoms with van der Waals surface area (Å²) in [4.78, 5) is 23.0. The van der Waals surface area contributed by atoms with E-state index in [0.29, 0.717) is 18.0 Å². The van der Waals surface area contributed by atoms with Crippen LogP contribution in [0.4, 0.5) is 11.4 Å². The molecule has 0 aliphatic carbocycles. The number of hydrogen-bond acceptors (Lipinski definition) is 6. The number of allylic oxidation sites excluding steroid dienone is 2. The number of carbonyl (C=O) groups excluding carboxylic acids is 1. The zero-order valence-electron chi connectivity index (χ0n) is 28.0. The summed E-state index contributed by atoms with van der Waals surface area (Å²) in [5, 5.41) is 5.26. The minimum absolute atomic E-state index is 0.0491. The number of nitrogens with two attached hydrogens (primary N) is 1. The minimum atomic E-state index is -0.0491. The molecule has 3 N–H and O–H groups in total. The van der Waals surface area contributed by atoms with Crippen LogP contribution in [-0.2, 0) is 11.3 Å². The highest BCUT2D eigenvalue weighted by Crippen LogP contribution is 2.30. The van der Waals surface area contributed by atoms with Gasteiger partial charge < -0.3 is 15.1 Å². The second-order valence-corrected chi connectivity index (χ2v) is 12.1. The molecule has 0 aromatic heterocycles. The van der Waals surface area contributed by atoms with Gasteiger partial charge in [0.25, 0.3) is 5.91 Å². The maximum absolute atomic E-state index is 14.3. The molecule has 0 saturated heterocycles. The first-order valence-corrected chi connectivity index (χ1v) is 16.2. The van der Waals surface area contributed by atoms with Crippen molar-refractivity contribution in [3.63, 3.8) is 0 Å². The third-order valence-corrected chi connectivity index (χ3v) is 8.93. The second kappa shape index (κ2) is 17.0. The van der Waals surface area contributed by atoms with Crippen LogP contribution in [0.3, 0.4) is 0 Å². The zero-order valence-corrected chi connectivity index (χ0v) is 28.0. The van der Waals surface area contributed by atoms with Crippen LogP contribution in [0, 0.1) is 17.8 Å². The Balaban J connectivity index is 1.91. The fraction of sp³-hybridized carbons (Fsp3) is 0.459. The first-order valence-electron chi connectivity index (χ1n) is 16.2. The maximum Gasteiger partial charge on any atom is 0.261 e. The van der Waals surface area contributed by atoms with Gasteiger partial charge in [0.1, 0.15) is 0 Å². The van der Waals surface area contributed by atoms with Crippen LogP contribution in [0.1, 0.15) is 66.4 Å². The molecule has 7 heteroatoms. The van der Waals surface area contributed by atoms with Gasteiger partial charge in [-0.3, -0.25) is 14.8 Å². The molecule has 3 unspecified atom stereocenters. The number of nitrogens with one attached hydrogen (secondary N) is 1. The van der Waals surface area contributed by atoms with Gasteiger partial charge in [0.15, 0.2) is 0 Å². The van der Waals surface area contributed by atoms with Crippen LogP contribution < -0.4 is 21.1 Å². The van der Waals surface area contributed by atoms with Crippen molar-refractivity contribution in [1.82, 2.24) is 10.2 Å². The van der Waals surface area contributed by atoms with E-state index in [1.54, 1.807) is 11.2 Å². The lowest BCUT2D eigenvalue weighted by Crippen LogP contribution is -2.35. The number of benzene rings is 2. The Bertz CT molecular complexity index is 1330. The largest absolute Gasteiger partial charge is 0.375 e. The van der Waals surface area contributed by atoms with Gasteiger partial charge in [0, 0.05) is 62.7 Å². The van der Waals surface area contributed by atoms with Gasteiger partial charge in [0.2, 0.25) is 0 Å². The predicted molar refractivity (Wildman–Crippen MR) is 187 cm³/mol. The van der Waals surface area contributed by atoms with Crippen molar-refractivity contribution in [3.05, 3.63) is 95.5 Å². The minimum Gasteiger partial charge on any atom is -0.375 e. The van der Waals surface area contributed by atoms with Crippen molar-refractivity contribution in [2.24, 2.45) is 28.6 Å². The van der Waals surface area contributed by atoms with E-state index >= 15 is 0 Å². The third-order valence-electron chi connectivity index (χ3n) is 8.93. The number of nitrogens with zero attached hydrogens (tertiary/aromatic N) is 4. The quantitative estimate of drug-likeness (QED) is 0.128. The van der Waals surface area contributed by atoms with Gasteiger partial charge in [-0.25, -0.2) is 5.84 Å². The number of aliphatic imine (C=N–C) groups is 1. The Morgan fingerprint density at radius 1 is 1.02 bits per heavy atom. The molecule has 0 spiro atoms. The second-order valence-electron chi connectivity index (χ2n) is 12.1. The molecule has 1 amide bonds. The van der Waals surface area contributed by atoms with E-state index in [1.807, 2.05) is 41.4 Å². The highest BCUT2D eigenvalue weighted by Gasteiger charge is 2.30. The molecule has 3 atom stereocenters. The van der Waals surface area contributed by atoms with Gasteiger partial charge in [-0.1, -0.05) is 84.5 Å². The van der Waals surface area contributed by atoms with Crippen LogP contribution in [0.25, 0.3) is 0 Å². The lowest BCUT2D eigenvalue weighted by atomic mass is 9.98. The molecular formula is C37H54N6O. The predicted octanol–water partition coefficient (Wildman–Crippen LogP) is 7.30. The van der Waals surface area contributed by atoms with Crippen LogP contribution in [0.15, 0.2) is 94.9 Å². The summed E-state index contributed by atoms with van der Waals surface area (Å²) in [6, 6.07) is 18.3. The van der Waals surface area contributed by atoms with Gasteiger partial charge in [-0.2, -0.15) is 0 Å². The first kappa shape index (κ1) is 34.8. The van der Waals surface area contributed by atoms with E-state index in [1.165, 1.54) is 11.1 Å². The monoisotopic (exact) mass is 598 g/mol. The van der Waals surface area contributed by atoms with Gasteiger partial charge in [-0.15, -0.1) is 0 Å². The highest BCUT2D eigenvalue weighted by atomic mass is 16.2. The Hall–Kier alpha value is -3.68. The summed E-state index contributed by atoms with van der Waals surface area (Å²) in [5.41, 5.74) is 6.56. The van der Waals surface area contributed by atoms with Gasteiger partial charge in [-0.05, 0) is 66.4 Å². The lowest BCUT2D eigenvalue weighted by molar-refractivity contribution is -0.114. The smallest absolute Gasteiger partial charge is 0.261 e. The summed E-state index contributed by atoms with van der Waals surface area (Å²) in [6.07, 6.45) is 6.67. The molecule has 0 bridgehead atoms. The van der Waals surface area contributed by atoms with Crippen molar-refractivity contribution in [1.29, 1.82) is 0 Å². The number of hydrogen-bond donors (Lipinski definition) is 2. The lowest BCUT2D eigenvalue weighted by Gasteiger charge is -2.26. The van der Waals surface area contributed by atoms with Gasteiger partial charge in [0.05, 0.1) is 11.3 Å². The third kappa shape index (κ3) is 9.16. The molecule has 0 fully saturated rings.